The zero-order valence-corrected chi connectivity index (χ0v) is 15.1. The number of carbonyl (C=O) groups excluding carboxylic acids is 1. The minimum atomic E-state index is -0.545. The molecule has 0 spiro atoms. The zero-order chi connectivity index (χ0) is 19.3. The summed E-state index contributed by atoms with van der Waals surface area (Å²) in [5, 5.41) is 3.44. The number of halogens is 2. The summed E-state index contributed by atoms with van der Waals surface area (Å²) in [6, 6.07) is 19.8. The van der Waals surface area contributed by atoms with Crippen LogP contribution in [0.1, 0.15) is 40.3 Å². The number of fused-ring (bicyclic) bond motifs is 4. The highest BCUT2D eigenvalue weighted by atomic mass is 19.1. The lowest BCUT2D eigenvalue weighted by atomic mass is 9.65. The van der Waals surface area contributed by atoms with Crippen LogP contribution in [0.15, 0.2) is 72.8 Å². The maximum atomic E-state index is 14.7. The van der Waals surface area contributed by atoms with Crippen LogP contribution in [0.5, 0.6) is 0 Å². The van der Waals surface area contributed by atoms with Crippen molar-refractivity contribution in [3.05, 3.63) is 107 Å². The van der Waals surface area contributed by atoms with Crippen LogP contribution in [0, 0.1) is 17.6 Å². The van der Waals surface area contributed by atoms with Crippen molar-refractivity contribution in [2.24, 2.45) is 5.92 Å². The number of benzene rings is 3. The Balaban J connectivity index is 1.70. The van der Waals surface area contributed by atoms with Gasteiger partial charge in [0.25, 0.3) is 0 Å². The van der Waals surface area contributed by atoms with Gasteiger partial charge in [-0.2, -0.15) is 0 Å². The summed E-state index contributed by atoms with van der Waals surface area (Å²) in [5.41, 5.74) is 2.93. The first-order valence-electron chi connectivity index (χ1n) is 9.51. The predicted molar refractivity (Wildman–Crippen MR) is 103 cm³/mol. The van der Waals surface area contributed by atoms with Crippen LogP contribution in [0.2, 0.25) is 0 Å². The van der Waals surface area contributed by atoms with Crippen molar-refractivity contribution < 1.29 is 13.6 Å². The van der Waals surface area contributed by atoms with Crippen molar-refractivity contribution >= 4 is 5.78 Å². The molecule has 3 aromatic rings. The van der Waals surface area contributed by atoms with E-state index in [9.17, 15) is 13.6 Å². The summed E-state index contributed by atoms with van der Waals surface area (Å²) < 4.78 is 29.3. The molecule has 3 aromatic carbocycles. The summed E-state index contributed by atoms with van der Waals surface area (Å²) in [7, 11) is 0. The second kappa shape index (κ2) is 6.64. The molecule has 1 aliphatic carbocycles. The quantitative estimate of drug-likeness (QED) is 0.692. The Hall–Kier alpha value is -2.85. The maximum Gasteiger partial charge on any atom is 0.147 e. The highest BCUT2D eigenvalue weighted by Crippen LogP contribution is 2.49. The molecule has 0 aromatic heterocycles. The lowest BCUT2D eigenvalue weighted by Gasteiger charge is -2.46. The Morgan fingerprint density at radius 3 is 1.89 bits per heavy atom. The normalized spacial score (nSPS) is 26.0. The SMILES string of the molecule is O=C1C2Cc3ccccc3C1C(c1ccccc1F)NC2c1ccccc1F. The molecule has 2 bridgehead atoms. The number of nitrogens with one attached hydrogen (secondary N) is 1. The summed E-state index contributed by atoms with van der Waals surface area (Å²) in [6.07, 6.45) is 0.557. The van der Waals surface area contributed by atoms with Gasteiger partial charge in [0.2, 0.25) is 0 Å². The monoisotopic (exact) mass is 375 g/mol. The van der Waals surface area contributed by atoms with Gasteiger partial charge in [0, 0.05) is 29.1 Å². The van der Waals surface area contributed by atoms with Crippen molar-refractivity contribution in [1.82, 2.24) is 5.32 Å². The van der Waals surface area contributed by atoms with Gasteiger partial charge in [-0.15, -0.1) is 0 Å². The number of hydrogen-bond donors (Lipinski definition) is 1. The van der Waals surface area contributed by atoms with Crippen LogP contribution in [-0.2, 0) is 11.2 Å². The van der Waals surface area contributed by atoms with Gasteiger partial charge in [0.1, 0.15) is 17.4 Å². The molecule has 4 unspecified atom stereocenters. The Morgan fingerprint density at radius 1 is 0.714 bits per heavy atom. The number of piperidine rings is 1. The lowest BCUT2D eigenvalue weighted by Crippen LogP contribution is -2.51. The van der Waals surface area contributed by atoms with Crippen molar-refractivity contribution in [2.45, 2.75) is 24.4 Å². The van der Waals surface area contributed by atoms with Crippen molar-refractivity contribution in [1.29, 1.82) is 0 Å². The van der Waals surface area contributed by atoms with E-state index in [4.69, 9.17) is 0 Å². The molecule has 1 heterocycles. The van der Waals surface area contributed by atoms with Crippen molar-refractivity contribution in [3.63, 3.8) is 0 Å². The van der Waals surface area contributed by atoms with Gasteiger partial charge < -0.3 is 5.32 Å². The molecule has 2 aliphatic rings. The summed E-state index contributed by atoms with van der Waals surface area (Å²) >= 11 is 0. The second-order valence-corrected chi connectivity index (χ2v) is 7.55. The molecule has 1 aliphatic heterocycles. The van der Waals surface area contributed by atoms with Crippen LogP contribution in [-0.4, -0.2) is 5.78 Å². The van der Waals surface area contributed by atoms with Gasteiger partial charge in [0.05, 0.1) is 5.92 Å². The van der Waals surface area contributed by atoms with Crippen LogP contribution < -0.4 is 5.32 Å². The lowest BCUT2D eigenvalue weighted by molar-refractivity contribution is -0.129. The van der Waals surface area contributed by atoms with E-state index >= 15 is 0 Å². The highest BCUT2D eigenvalue weighted by molar-refractivity contribution is 5.93. The van der Waals surface area contributed by atoms with E-state index in [0.717, 1.165) is 11.1 Å². The third kappa shape index (κ3) is 2.60. The topological polar surface area (TPSA) is 29.1 Å². The molecule has 1 N–H and O–H groups in total. The molecule has 2 nitrogen and oxygen atoms in total. The Labute approximate surface area is 162 Å². The molecule has 1 fully saturated rings. The largest absolute Gasteiger partial charge is 0.301 e. The fourth-order valence-corrected chi connectivity index (χ4v) is 4.81. The first-order valence-corrected chi connectivity index (χ1v) is 9.51. The minimum Gasteiger partial charge on any atom is -0.301 e. The van der Waals surface area contributed by atoms with Crippen LogP contribution in [0.3, 0.4) is 0 Å². The first-order chi connectivity index (χ1) is 13.6. The van der Waals surface area contributed by atoms with Gasteiger partial charge in [-0.05, 0) is 29.7 Å². The molecular weight excluding hydrogens is 356 g/mol. The van der Waals surface area contributed by atoms with Gasteiger partial charge >= 0.3 is 0 Å². The van der Waals surface area contributed by atoms with Crippen LogP contribution in [0.4, 0.5) is 8.78 Å². The molecule has 1 saturated heterocycles. The number of carbonyl (C=O) groups is 1. The molecule has 0 amide bonds. The molecular formula is C24H19F2NO. The number of Topliss-reactive ketones (excluding diaryl/α,β-unsaturated/α-hetero) is 1. The van der Waals surface area contributed by atoms with E-state index in [1.165, 1.54) is 12.1 Å². The minimum absolute atomic E-state index is 0.0546. The van der Waals surface area contributed by atoms with Crippen molar-refractivity contribution in [2.75, 3.05) is 0 Å². The first kappa shape index (κ1) is 17.3. The van der Waals surface area contributed by atoms with Gasteiger partial charge in [-0.3, -0.25) is 4.79 Å². The predicted octanol–water partition coefficient (Wildman–Crippen LogP) is 4.88. The molecule has 140 valence electrons. The van der Waals surface area contributed by atoms with E-state index in [2.05, 4.69) is 5.32 Å². The fourth-order valence-electron chi connectivity index (χ4n) is 4.81. The standard InChI is InChI=1S/C24H19F2NO/c25-19-11-5-3-9-16(19)22-18-13-14-7-1-2-8-15(14)21(24(18)28)23(27-22)17-10-4-6-12-20(17)26/h1-12,18,21-23,27H,13H2. The van der Waals surface area contributed by atoms with E-state index in [1.54, 1.807) is 36.4 Å². The van der Waals surface area contributed by atoms with Crippen LogP contribution >= 0.6 is 0 Å². The summed E-state index contributed by atoms with van der Waals surface area (Å²) in [5.74, 6) is -1.51. The van der Waals surface area contributed by atoms with E-state index in [-0.39, 0.29) is 23.3 Å². The van der Waals surface area contributed by atoms with E-state index in [0.29, 0.717) is 17.5 Å². The van der Waals surface area contributed by atoms with Crippen LogP contribution in [0.25, 0.3) is 0 Å². The van der Waals surface area contributed by atoms with Gasteiger partial charge in [-0.25, -0.2) is 8.78 Å². The molecule has 0 saturated carbocycles. The van der Waals surface area contributed by atoms with Gasteiger partial charge in [-0.1, -0.05) is 60.7 Å². The number of rotatable bonds is 2. The number of ketones is 1. The third-order valence-electron chi connectivity index (χ3n) is 6.08. The maximum absolute atomic E-state index is 14.7. The Bertz CT molecular complexity index is 1060. The zero-order valence-electron chi connectivity index (χ0n) is 15.1. The fraction of sp³-hybridized carbons (Fsp3) is 0.208. The third-order valence-corrected chi connectivity index (χ3v) is 6.08. The smallest absolute Gasteiger partial charge is 0.147 e. The Kier molecular flexibility index (Phi) is 4.09. The second-order valence-electron chi connectivity index (χ2n) is 7.55. The van der Waals surface area contributed by atoms with E-state index < -0.39 is 18.0 Å². The summed E-state index contributed by atoms with van der Waals surface area (Å²) in [4.78, 5) is 13.5. The number of hydrogen-bond acceptors (Lipinski definition) is 2. The Morgan fingerprint density at radius 2 is 1.25 bits per heavy atom. The molecule has 5 rings (SSSR count). The average molecular weight is 375 g/mol. The van der Waals surface area contributed by atoms with Gasteiger partial charge in [0.15, 0.2) is 0 Å². The van der Waals surface area contributed by atoms with Crippen molar-refractivity contribution in [3.8, 4) is 0 Å². The summed E-state index contributed by atoms with van der Waals surface area (Å²) in [6.45, 7) is 0. The molecule has 0 radical (unpaired) electrons. The molecule has 4 heteroatoms. The highest BCUT2D eigenvalue weighted by Gasteiger charge is 2.49. The van der Waals surface area contributed by atoms with E-state index in [1.807, 2.05) is 24.3 Å². The molecule has 28 heavy (non-hydrogen) atoms. The molecule has 4 atom stereocenters. The average Bonchev–Trinajstić information content (AvgIpc) is 2.70.